The normalized spacial score (nSPS) is 16.4. The molecule has 2 atom stereocenters. The molecular weight excluding hydrogens is 448 g/mol. The van der Waals surface area contributed by atoms with Gasteiger partial charge in [-0.1, -0.05) is 26.0 Å². The summed E-state index contributed by atoms with van der Waals surface area (Å²) in [6.45, 7) is 2.84. The average Bonchev–Trinajstić information content (AvgIpc) is 2.67. The molecule has 0 spiro atoms. The molecule has 2 rings (SSSR count). The van der Waals surface area contributed by atoms with Crippen molar-refractivity contribution >= 4 is 0 Å². The maximum Gasteiger partial charge on any atom is 0.419 e. The number of aliphatic hydroxyl groups is 1. The third-order valence-electron chi connectivity index (χ3n) is 5.67. The summed E-state index contributed by atoms with van der Waals surface area (Å²) < 4.78 is 114. The Morgan fingerprint density at radius 1 is 0.938 bits per heavy atom. The molecule has 32 heavy (non-hydrogen) atoms. The molecule has 0 aromatic heterocycles. The van der Waals surface area contributed by atoms with Crippen molar-refractivity contribution < 1.29 is 45.0 Å². The van der Waals surface area contributed by atoms with E-state index in [1.54, 1.807) is 0 Å². The van der Waals surface area contributed by atoms with Gasteiger partial charge in [0.15, 0.2) is 5.60 Å². The third kappa shape index (κ3) is 5.16. The van der Waals surface area contributed by atoms with Gasteiger partial charge in [-0.2, -0.15) is 26.3 Å². The fourth-order valence-electron chi connectivity index (χ4n) is 3.72. The van der Waals surface area contributed by atoms with Gasteiger partial charge in [0.05, 0.1) is 12.7 Å². The molecule has 2 nitrogen and oxygen atoms in total. The largest absolute Gasteiger partial charge is 0.496 e. The predicted molar refractivity (Wildman–Crippen MR) is 101 cm³/mol. The minimum atomic E-state index is -5.33. The molecule has 0 heterocycles. The first-order valence-corrected chi connectivity index (χ1v) is 9.55. The number of halogens is 8. The molecule has 0 aliphatic rings. The number of benzene rings is 2. The zero-order chi connectivity index (χ0) is 24.5. The van der Waals surface area contributed by atoms with E-state index in [1.807, 2.05) is 0 Å². The Balaban J connectivity index is 2.59. The van der Waals surface area contributed by atoms with Gasteiger partial charge in [0, 0.05) is 12.0 Å². The molecule has 2 unspecified atom stereocenters. The fourth-order valence-corrected chi connectivity index (χ4v) is 3.72. The van der Waals surface area contributed by atoms with Crippen LogP contribution in [0.15, 0.2) is 36.4 Å². The first kappa shape index (κ1) is 25.9. The van der Waals surface area contributed by atoms with E-state index in [0.29, 0.717) is 6.07 Å². The van der Waals surface area contributed by atoms with Crippen LogP contribution in [0, 0.1) is 11.6 Å². The number of methoxy groups -OCH3 is 1. The quantitative estimate of drug-likeness (QED) is 0.463. The Morgan fingerprint density at radius 3 is 2.06 bits per heavy atom. The van der Waals surface area contributed by atoms with Crippen LogP contribution in [0.3, 0.4) is 0 Å². The number of hydrogen-bond donors (Lipinski definition) is 1. The van der Waals surface area contributed by atoms with Crippen LogP contribution in [0.4, 0.5) is 35.1 Å². The van der Waals surface area contributed by atoms with E-state index in [4.69, 9.17) is 4.74 Å². The Bertz CT molecular complexity index is 954. The average molecular weight is 470 g/mol. The predicted octanol–water partition coefficient (Wildman–Crippen LogP) is 6.59. The van der Waals surface area contributed by atoms with Gasteiger partial charge in [0.25, 0.3) is 0 Å². The second-order valence-electron chi connectivity index (χ2n) is 7.92. The molecule has 0 bridgehead atoms. The maximum absolute atomic E-state index is 14.4. The van der Waals surface area contributed by atoms with Crippen molar-refractivity contribution in [3.8, 4) is 5.75 Å². The van der Waals surface area contributed by atoms with E-state index in [1.165, 1.54) is 27.0 Å². The van der Waals surface area contributed by atoms with Gasteiger partial charge < -0.3 is 9.84 Å². The fraction of sp³-hybridized carbons (Fsp3) is 0.455. The molecule has 178 valence electrons. The molecule has 2 aromatic carbocycles. The first-order valence-electron chi connectivity index (χ1n) is 9.55. The minimum Gasteiger partial charge on any atom is -0.496 e. The third-order valence-corrected chi connectivity index (χ3v) is 5.67. The van der Waals surface area contributed by atoms with Crippen molar-refractivity contribution in [1.82, 2.24) is 0 Å². The second kappa shape index (κ2) is 8.88. The van der Waals surface area contributed by atoms with Gasteiger partial charge in [-0.05, 0) is 48.1 Å². The van der Waals surface area contributed by atoms with Crippen LogP contribution >= 0.6 is 0 Å². The summed E-state index contributed by atoms with van der Waals surface area (Å²) in [5.74, 6) is -2.56. The smallest absolute Gasteiger partial charge is 0.419 e. The molecule has 0 fully saturated rings. The van der Waals surface area contributed by atoms with Gasteiger partial charge in [-0.15, -0.1) is 0 Å². The molecule has 1 N–H and O–H groups in total. The highest BCUT2D eigenvalue weighted by atomic mass is 19.4. The lowest BCUT2D eigenvalue weighted by molar-refractivity contribution is -0.267. The first-order chi connectivity index (χ1) is 14.6. The van der Waals surface area contributed by atoms with Crippen molar-refractivity contribution in [1.29, 1.82) is 0 Å². The molecule has 0 saturated heterocycles. The van der Waals surface area contributed by atoms with Crippen molar-refractivity contribution in [3.63, 3.8) is 0 Å². The van der Waals surface area contributed by atoms with E-state index in [0.717, 1.165) is 24.3 Å². The van der Waals surface area contributed by atoms with Gasteiger partial charge in [-0.25, -0.2) is 8.78 Å². The monoisotopic (exact) mass is 470 g/mol. The standard InChI is InChI=1S/C22H22F8O2/c1-4-19(2,16-10-14(23)8-9-17(16)32-3)12-20(31,22(28,29)30)11-13-6-5-7-15(18(13)24)21(25,26)27/h5-10,31H,4,11-12H2,1-3H3. The summed E-state index contributed by atoms with van der Waals surface area (Å²) in [7, 11) is 1.24. The summed E-state index contributed by atoms with van der Waals surface area (Å²) in [5.41, 5.74) is -7.76. The Hall–Kier alpha value is -2.36. The Morgan fingerprint density at radius 2 is 1.56 bits per heavy atom. The van der Waals surface area contributed by atoms with E-state index in [-0.39, 0.29) is 17.7 Å². The van der Waals surface area contributed by atoms with Gasteiger partial charge in [-0.3, -0.25) is 0 Å². The van der Waals surface area contributed by atoms with E-state index < -0.39 is 59.0 Å². The van der Waals surface area contributed by atoms with E-state index in [2.05, 4.69) is 0 Å². The summed E-state index contributed by atoms with van der Waals surface area (Å²) in [4.78, 5) is 0. The lowest BCUT2D eigenvalue weighted by Gasteiger charge is -2.40. The molecule has 0 aliphatic heterocycles. The van der Waals surface area contributed by atoms with Gasteiger partial charge >= 0.3 is 12.4 Å². The van der Waals surface area contributed by atoms with E-state index >= 15 is 0 Å². The SMILES string of the molecule is CCC(C)(CC(O)(Cc1cccc(C(F)(F)F)c1F)C(F)(F)F)c1cc(F)ccc1OC. The number of hydrogen-bond acceptors (Lipinski definition) is 2. The summed E-state index contributed by atoms with van der Waals surface area (Å²) in [6.07, 6.45) is -13.0. The summed E-state index contributed by atoms with van der Waals surface area (Å²) in [5, 5.41) is 10.7. The van der Waals surface area contributed by atoms with E-state index in [9.17, 15) is 40.2 Å². The number of alkyl halides is 6. The summed E-state index contributed by atoms with van der Waals surface area (Å²) in [6, 6.07) is 5.17. The molecule has 0 radical (unpaired) electrons. The van der Waals surface area contributed by atoms with Gasteiger partial charge in [0.1, 0.15) is 17.4 Å². The van der Waals surface area contributed by atoms with Crippen LogP contribution < -0.4 is 4.74 Å². The maximum atomic E-state index is 14.4. The molecule has 2 aromatic rings. The number of ether oxygens (including phenoxy) is 1. The van der Waals surface area contributed by atoms with Gasteiger partial charge in [0.2, 0.25) is 0 Å². The van der Waals surface area contributed by atoms with Crippen LogP contribution in [0.25, 0.3) is 0 Å². The minimum absolute atomic E-state index is 0.0176. The van der Waals surface area contributed by atoms with Crippen molar-refractivity contribution in [2.45, 2.75) is 56.5 Å². The molecule has 0 amide bonds. The highest BCUT2D eigenvalue weighted by Crippen LogP contribution is 2.47. The Labute approximate surface area is 179 Å². The van der Waals surface area contributed by atoms with Crippen LogP contribution in [-0.4, -0.2) is 24.0 Å². The summed E-state index contributed by atoms with van der Waals surface area (Å²) >= 11 is 0. The van der Waals surface area contributed by atoms with Crippen molar-refractivity contribution in [2.75, 3.05) is 7.11 Å². The highest BCUT2D eigenvalue weighted by Gasteiger charge is 2.57. The van der Waals surface area contributed by atoms with Crippen LogP contribution in [0.1, 0.15) is 43.4 Å². The van der Waals surface area contributed by atoms with Crippen molar-refractivity contribution in [3.05, 3.63) is 64.7 Å². The van der Waals surface area contributed by atoms with Crippen LogP contribution in [0.2, 0.25) is 0 Å². The molecule has 10 heteroatoms. The zero-order valence-electron chi connectivity index (χ0n) is 17.5. The molecule has 0 aliphatic carbocycles. The van der Waals surface area contributed by atoms with Crippen LogP contribution in [0.5, 0.6) is 5.75 Å². The number of rotatable bonds is 7. The molecular formula is C22H22F8O2. The lowest BCUT2D eigenvalue weighted by Crippen LogP contribution is -2.51. The lowest BCUT2D eigenvalue weighted by atomic mass is 9.70. The second-order valence-corrected chi connectivity index (χ2v) is 7.92. The highest BCUT2D eigenvalue weighted by molar-refractivity contribution is 5.40. The van der Waals surface area contributed by atoms with Crippen LogP contribution in [-0.2, 0) is 18.0 Å². The molecule has 0 saturated carbocycles. The van der Waals surface area contributed by atoms with Crippen molar-refractivity contribution in [2.24, 2.45) is 0 Å². The topological polar surface area (TPSA) is 29.5 Å². The Kier molecular flexibility index (Phi) is 7.19. The zero-order valence-corrected chi connectivity index (χ0v) is 17.5.